The average molecular weight is 319 g/mol. The molecule has 118 valence electrons. The Morgan fingerprint density at radius 1 is 1.41 bits per heavy atom. The molecule has 0 saturated carbocycles. The Balaban J connectivity index is 1.90. The van der Waals surface area contributed by atoms with Crippen LogP contribution in [0.3, 0.4) is 0 Å². The Hall–Kier alpha value is -1.69. The van der Waals surface area contributed by atoms with Gasteiger partial charge in [0, 0.05) is 11.4 Å². The molecular weight excluding hydrogens is 298 g/mol. The summed E-state index contributed by atoms with van der Waals surface area (Å²) in [5.74, 6) is 0.256. The van der Waals surface area contributed by atoms with E-state index in [0.29, 0.717) is 12.5 Å². The molecule has 0 spiro atoms. The standard InChI is InChI=1S/C16H21N3O2S/c1-10(2)7-17-13(20)8-19-9-18-15-14(16(19)21)11-5-3-4-6-12(11)22-15/h9-10H,3-8H2,1-2H3,(H,17,20). The van der Waals surface area contributed by atoms with Gasteiger partial charge in [-0.25, -0.2) is 4.98 Å². The van der Waals surface area contributed by atoms with Gasteiger partial charge in [0.05, 0.1) is 11.7 Å². The summed E-state index contributed by atoms with van der Waals surface area (Å²) in [6, 6.07) is 0. The van der Waals surface area contributed by atoms with Crippen molar-refractivity contribution in [1.82, 2.24) is 14.9 Å². The zero-order chi connectivity index (χ0) is 15.7. The molecule has 22 heavy (non-hydrogen) atoms. The minimum Gasteiger partial charge on any atom is -0.354 e. The van der Waals surface area contributed by atoms with Crippen molar-refractivity contribution < 1.29 is 4.79 Å². The molecule has 0 radical (unpaired) electrons. The quantitative estimate of drug-likeness (QED) is 0.939. The highest BCUT2D eigenvalue weighted by Gasteiger charge is 2.20. The average Bonchev–Trinajstić information content (AvgIpc) is 2.87. The number of hydrogen-bond acceptors (Lipinski definition) is 4. The van der Waals surface area contributed by atoms with Crippen molar-refractivity contribution in [3.8, 4) is 0 Å². The molecule has 0 saturated heterocycles. The van der Waals surface area contributed by atoms with Crippen molar-refractivity contribution in [3.63, 3.8) is 0 Å². The number of carbonyl (C=O) groups excluding carboxylic acids is 1. The number of aromatic nitrogens is 2. The minimum atomic E-state index is -0.138. The molecular formula is C16H21N3O2S. The molecule has 0 fully saturated rings. The fourth-order valence-electron chi connectivity index (χ4n) is 2.82. The number of nitrogens with zero attached hydrogens (tertiary/aromatic N) is 2. The highest BCUT2D eigenvalue weighted by Crippen LogP contribution is 2.33. The Bertz CT molecular complexity index is 761. The number of rotatable bonds is 4. The minimum absolute atomic E-state index is 0.0408. The monoisotopic (exact) mass is 319 g/mol. The lowest BCUT2D eigenvalue weighted by atomic mass is 9.97. The van der Waals surface area contributed by atoms with E-state index in [1.807, 2.05) is 13.8 Å². The van der Waals surface area contributed by atoms with Crippen LogP contribution in [0.2, 0.25) is 0 Å². The summed E-state index contributed by atoms with van der Waals surface area (Å²) in [6.45, 7) is 4.74. The fourth-order valence-corrected chi connectivity index (χ4v) is 4.04. The second-order valence-corrected chi connectivity index (χ2v) is 7.35. The van der Waals surface area contributed by atoms with Gasteiger partial charge in [-0.3, -0.25) is 14.2 Å². The van der Waals surface area contributed by atoms with Gasteiger partial charge >= 0.3 is 0 Å². The maximum absolute atomic E-state index is 12.7. The molecule has 0 aromatic carbocycles. The van der Waals surface area contributed by atoms with Gasteiger partial charge in [-0.15, -0.1) is 11.3 Å². The Morgan fingerprint density at radius 3 is 2.95 bits per heavy atom. The van der Waals surface area contributed by atoms with Crippen molar-refractivity contribution in [1.29, 1.82) is 0 Å². The van der Waals surface area contributed by atoms with Crippen LogP contribution in [0.25, 0.3) is 10.2 Å². The van der Waals surface area contributed by atoms with Crippen LogP contribution in [0.1, 0.15) is 37.1 Å². The van der Waals surface area contributed by atoms with Crippen LogP contribution in [-0.2, 0) is 24.2 Å². The van der Waals surface area contributed by atoms with E-state index in [1.165, 1.54) is 27.8 Å². The third-order valence-corrected chi connectivity index (χ3v) is 5.16. The smallest absolute Gasteiger partial charge is 0.262 e. The number of thiophene rings is 1. The Morgan fingerprint density at radius 2 is 2.18 bits per heavy atom. The molecule has 1 amide bonds. The van der Waals surface area contributed by atoms with E-state index in [4.69, 9.17) is 0 Å². The van der Waals surface area contributed by atoms with Crippen LogP contribution in [0.15, 0.2) is 11.1 Å². The summed E-state index contributed by atoms with van der Waals surface area (Å²) < 4.78 is 1.43. The number of carbonyl (C=O) groups is 1. The van der Waals surface area contributed by atoms with Crippen molar-refractivity contribution in [3.05, 3.63) is 27.1 Å². The summed E-state index contributed by atoms with van der Waals surface area (Å²) in [4.78, 5) is 31.1. The molecule has 2 aromatic rings. The van der Waals surface area contributed by atoms with Gasteiger partial charge in [0.1, 0.15) is 11.4 Å². The number of fused-ring (bicyclic) bond motifs is 3. The molecule has 0 unspecified atom stereocenters. The lowest BCUT2D eigenvalue weighted by Crippen LogP contribution is -2.34. The predicted octanol–water partition coefficient (Wildman–Crippen LogP) is 2.11. The molecule has 1 aliphatic carbocycles. The summed E-state index contributed by atoms with van der Waals surface area (Å²) in [5.41, 5.74) is 1.09. The van der Waals surface area contributed by atoms with E-state index >= 15 is 0 Å². The molecule has 2 aromatic heterocycles. The van der Waals surface area contributed by atoms with Crippen LogP contribution in [0.4, 0.5) is 0 Å². The molecule has 6 heteroatoms. The highest BCUT2D eigenvalue weighted by molar-refractivity contribution is 7.18. The number of amides is 1. The van der Waals surface area contributed by atoms with E-state index in [0.717, 1.165) is 29.5 Å². The zero-order valence-corrected chi connectivity index (χ0v) is 13.8. The van der Waals surface area contributed by atoms with Crippen LogP contribution in [-0.4, -0.2) is 22.0 Å². The number of hydrogen-bond donors (Lipinski definition) is 1. The predicted molar refractivity (Wildman–Crippen MR) is 88.4 cm³/mol. The van der Waals surface area contributed by atoms with Crippen LogP contribution in [0, 0.1) is 5.92 Å². The third kappa shape index (κ3) is 2.92. The second kappa shape index (κ2) is 6.20. The van der Waals surface area contributed by atoms with Crippen molar-refractivity contribution in [2.75, 3.05) is 6.54 Å². The van der Waals surface area contributed by atoms with Crippen molar-refractivity contribution >= 4 is 27.5 Å². The highest BCUT2D eigenvalue weighted by atomic mass is 32.1. The molecule has 1 N–H and O–H groups in total. The van der Waals surface area contributed by atoms with Gasteiger partial charge in [0.25, 0.3) is 5.56 Å². The Kier molecular flexibility index (Phi) is 4.29. The first-order valence-electron chi connectivity index (χ1n) is 7.82. The van der Waals surface area contributed by atoms with E-state index in [-0.39, 0.29) is 18.0 Å². The van der Waals surface area contributed by atoms with Gasteiger partial charge in [-0.1, -0.05) is 13.8 Å². The lowest BCUT2D eigenvalue weighted by Gasteiger charge is -2.11. The maximum Gasteiger partial charge on any atom is 0.262 e. The first kappa shape index (κ1) is 15.2. The summed E-state index contributed by atoms with van der Waals surface area (Å²) >= 11 is 1.63. The van der Waals surface area contributed by atoms with E-state index < -0.39 is 0 Å². The van der Waals surface area contributed by atoms with Crippen molar-refractivity contribution in [2.45, 2.75) is 46.1 Å². The van der Waals surface area contributed by atoms with Crippen LogP contribution >= 0.6 is 11.3 Å². The maximum atomic E-state index is 12.7. The molecule has 5 nitrogen and oxygen atoms in total. The van der Waals surface area contributed by atoms with Crippen LogP contribution in [0.5, 0.6) is 0 Å². The van der Waals surface area contributed by atoms with E-state index in [2.05, 4.69) is 10.3 Å². The van der Waals surface area contributed by atoms with Gasteiger partial charge in [0.2, 0.25) is 5.91 Å². The molecule has 0 atom stereocenters. The van der Waals surface area contributed by atoms with E-state index in [9.17, 15) is 9.59 Å². The molecule has 3 rings (SSSR count). The number of nitrogens with one attached hydrogen (secondary N) is 1. The van der Waals surface area contributed by atoms with Crippen LogP contribution < -0.4 is 10.9 Å². The number of aryl methyl sites for hydroxylation is 2. The van der Waals surface area contributed by atoms with E-state index in [1.54, 1.807) is 11.3 Å². The van der Waals surface area contributed by atoms with Gasteiger partial charge in [0.15, 0.2) is 0 Å². The van der Waals surface area contributed by atoms with Gasteiger partial charge in [-0.05, 0) is 37.2 Å². The molecule has 0 bridgehead atoms. The summed E-state index contributed by atoms with van der Waals surface area (Å²) in [5, 5.41) is 3.57. The van der Waals surface area contributed by atoms with Crippen molar-refractivity contribution in [2.24, 2.45) is 5.92 Å². The topological polar surface area (TPSA) is 64.0 Å². The zero-order valence-electron chi connectivity index (χ0n) is 13.0. The second-order valence-electron chi connectivity index (χ2n) is 6.27. The third-order valence-electron chi connectivity index (χ3n) is 3.96. The molecule has 0 aliphatic heterocycles. The molecule has 1 aliphatic rings. The first-order chi connectivity index (χ1) is 10.6. The lowest BCUT2D eigenvalue weighted by molar-refractivity contribution is -0.121. The molecule has 2 heterocycles. The normalized spacial score (nSPS) is 14.3. The van der Waals surface area contributed by atoms with Gasteiger partial charge < -0.3 is 5.32 Å². The summed E-state index contributed by atoms with van der Waals surface area (Å²) in [6.07, 6.45) is 5.82. The first-order valence-corrected chi connectivity index (χ1v) is 8.64. The van der Waals surface area contributed by atoms with Gasteiger partial charge in [-0.2, -0.15) is 0 Å². The fraction of sp³-hybridized carbons (Fsp3) is 0.562. The Labute approximate surface area is 133 Å². The summed E-state index contributed by atoms with van der Waals surface area (Å²) in [7, 11) is 0. The largest absolute Gasteiger partial charge is 0.354 e. The SMILES string of the molecule is CC(C)CNC(=O)Cn1cnc2sc3c(c2c1=O)CCCC3.